The maximum Gasteiger partial charge on any atom is 0.338 e. The molecule has 1 N–H and O–H groups in total. The molecule has 0 heterocycles. The number of aryl methyl sites for hydroxylation is 2. The third kappa shape index (κ3) is 5.27. The van der Waals surface area contributed by atoms with Crippen LogP contribution in [0.4, 0.5) is 5.69 Å². The second kappa shape index (κ2) is 7.49. The van der Waals surface area contributed by atoms with Gasteiger partial charge in [0.25, 0.3) is 5.91 Å². The van der Waals surface area contributed by atoms with E-state index in [1.54, 1.807) is 30.3 Å². The molecule has 0 aliphatic carbocycles. The van der Waals surface area contributed by atoms with Gasteiger partial charge in [-0.15, -0.1) is 0 Å². The first-order chi connectivity index (χ1) is 10.8. The van der Waals surface area contributed by atoms with Gasteiger partial charge in [0.15, 0.2) is 6.61 Å². The van der Waals surface area contributed by atoms with E-state index in [2.05, 4.69) is 5.32 Å². The molecule has 2 aromatic rings. The first-order valence-corrected chi connectivity index (χ1v) is 7.60. The van der Waals surface area contributed by atoms with Crippen LogP contribution in [-0.2, 0) is 9.53 Å². The van der Waals surface area contributed by atoms with Crippen molar-refractivity contribution in [1.29, 1.82) is 0 Å². The summed E-state index contributed by atoms with van der Waals surface area (Å²) in [6.45, 7) is 3.38. The van der Waals surface area contributed by atoms with Crippen molar-refractivity contribution in [3.8, 4) is 0 Å². The molecule has 0 unspecified atom stereocenters. The molecule has 0 aromatic heterocycles. The summed E-state index contributed by atoms with van der Waals surface area (Å²) in [7, 11) is 0. The number of anilines is 1. The molecular formula is C17H15Cl2NO3. The molecule has 1 amide bonds. The quantitative estimate of drug-likeness (QED) is 0.830. The van der Waals surface area contributed by atoms with Gasteiger partial charge in [0.05, 0.1) is 5.56 Å². The Morgan fingerprint density at radius 3 is 2.09 bits per heavy atom. The number of carbonyl (C=O) groups excluding carboxylic acids is 2. The number of hydrogen-bond acceptors (Lipinski definition) is 3. The fourth-order valence-electron chi connectivity index (χ4n) is 2.13. The van der Waals surface area contributed by atoms with Crippen LogP contribution in [0.1, 0.15) is 21.5 Å². The molecule has 0 radical (unpaired) electrons. The predicted octanol–water partition coefficient (Wildman–Crippen LogP) is 4.41. The largest absolute Gasteiger partial charge is 0.452 e. The molecule has 2 rings (SSSR count). The molecule has 0 saturated heterocycles. The highest BCUT2D eigenvalue weighted by atomic mass is 35.5. The Bertz CT molecular complexity index is 719. The maximum absolute atomic E-state index is 12.0. The van der Waals surface area contributed by atoms with Crippen LogP contribution in [-0.4, -0.2) is 18.5 Å². The lowest BCUT2D eigenvalue weighted by Gasteiger charge is -2.08. The van der Waals surface area contributed by atoms with Gasteiger partial charge in [-0.05, 0) is 44.2 Å². The van der Waals surface area contributed by atoms with Crippen molar-refractivity contribution in [2.24, 2.45) is 0 Å². The fraction of sp³-hybridized carbons (Fsp3) is 0.176. The summed E-state index contributed by atoms with van der Waals surface area (Å²) in [6.07, 6.45) is 0. The minimum Gasteiger partial charge on any atom is -0.452 e. The highest BCUT2D eigenvalue weighted by Gasteiger charge is 2.11. The average molecular weight is 352 g/mol. The molecule has 23 heavy (non-hydrogen) atoms. The number of benzene rings is 2. The number of amides is 1. The van der Waals surface area contributed by atoms with E-state index in [1.807, 2.05) is 19.9 Å². The van der Waals surface area contributed by atoms with Gasteiger partial charge in [0.1, 0.15) is 0 Å². The molecule has 0 aliphatic heterocycles. The summed E-state index contributed by atoms with van der Waals surface area (Å²) < 4.78 is 5.02. The SMILES string of the molecule is Cc1cc(C)cc(C(=O)OCC(=O)Nc2cc(Cl)cc(Cl)c2)c1. The highest BCUT2D eigenvalue weighted by molar-refractivity contribution is 6.35. The summed E-state index contributed by atoms with van der Waals surface area (Å²) in [5.74, 6) is -1.02. The van der Waals surface area contributed by atoms with Gasteiger partial charge in [0.2, 0.25) is 0 Å². The standard InChI is InChI=1S/C17H15Cl2NO3/c1-10-3-11(2)5-12(4-10)17(22)23-9-16(21)20-15-7-13(18)6-14(19)8-15/h3-8H,9H2,1-2H3,(H,20,21). The normalized spacial score (nSPS) is 10.3. The van der Waals surface area contributed by atoms with Gasteiger partial charge < -0.3 is 10.1 Å². The second-order valence-electron chi connectivity index (χ2n) is 5.16. The van der Waals surface area contributed by atoms with Gasteiger partial charge in [-0.2, -0.15) is 0 Å². The van der Waals surface area contributed by atoms with E-state index < -0.39 is 18.5 Å². The minimum atomic E-state index is -0.545. The first-order valence-electron chi connectivity index (χ1n) is 6.85. The van der Waals surface area contributed by atoms with Crippen molar-refractivity contribution in [3.63, 3.8) is 0 Å². The zero-order chi connectivity index (χ0) is 17.0. The number of halogens is 2. The number of carbonyl (C=O) groups is 2. The van der Waals surface area contributed by atoms with Crippen LogP contribution >= 0.6 is 23.2 Å². The van der Waals surface area contributed by atoms with Crippen LogP contribution < -0.4 is 5.32 Å². The van der Waals surface area contributed by atoms with Crippen molar-refractivity contribution in [2.75, 3.05) is 11.9 Å². The van der Waals surface area contributed by atoms with E-state index >= 15 is 0 Å². The maximum atomic E-state index is 12.0. The number of hydrogen-bond donors (Lipinski definition) is 1. The Morgan fingerprint density at radius 1 is 0.957 bits per heavy atom. The van der Waals surface area contributed by atoms with E-state index in [4.69, 9.17) is 27.9 Å². The van der Waals surface area contributed by atoms with E-state index in [1.165, 1.54) is 0 Å². The molecule has 0 atom stereocenters. The molecule has 0 fully saturated rings. The zero-order valence-corrected chi connectivity index (χ0v) is 14.2. The van der Waals surface area contributed by atoms with Crippen molar-refractivity contribution >= 4 is 40.8 Å². The Hall–Kier alpha value is -2.04. The van der Waals surface area contributed by atoms with E-state index in [9.17, 15) is 9.59 Å². The van der Waals surface area contributed by atoms with Crippen LogP contribution in [0.2, 0.25) is 10.0 Å². The molecule has 4 nitrogen and oxygen atoms in total. The molecule has 6 heteroatoms. The van der Waals surface area contributed by atoms with Gasteiger partial charge in [-0.1, -0.05) is 40.4 Å². The Balaban J connectivity index is 1.94. The molecule has 0 saturated carbocycles. The van der Waals surface area contributed by atoms with Gasteiger partial charge >= 0.3 is 5.97 Å². The third-order valence-electron chi connectivity index (χ3n) is 2.94. The lowest BCUT2D eigenvalue weighted by atomic mass is 10.1. The molecule has 2 aromatic carbocycles. The summed E-state index contributed by atoms with van der Waals surface area (Å²) in [6, 6.07) is 10.0. The van der Waals surface area contributed by atoms with Gasteiger partial charge in [0, 0.05) is 15.7 Å². The van der Waals surface area contributed by atoms with Crippen LogP contribution in [0.3, 0.4) is 0 Å². The fourth-order valence-corrected chi connectivity index (χ4v) is 2.66. The highest BCUT2D eigenvalue weighted by Crippen LogP contribution is 2.22. The minimum absolute atomic E-state index is 0.393. The summed E-state index contributed by atoms with van der Waals surface area (Å²) >= 11 is 11.7. The first kappa shape index (κ1) is 17.3. The van der Waals surface area contributed by atoms with E-state index in [0.717, 1.165) is 11.1 Å². The van der Waals surface area contributed by atoms with Crippen molar-refractivity contribution < 1.29 is 14.3 Å². The second-order valence-corrected chi connectivity index (χ2v) is 6.03. The smallest absolute Gasteiger partial charge is 0.338 e. The van der Waals surface area contributed by atoms with Crippen LogP contribution in [0.15, 0.2) is 36.4 Å². The number of ether oxygens (including phenoxy) is 1. The van der Waals surface area contributed by atoms with Crippen LogP contribution in [0.25, 0.3) is 0 Å². The summed E-state index contributed by atoms with van der Waals surface area (Å²) in [4.78, 5) is 23.8. The van der Waals surface area contributed by atoms with E-state index in [-0.39, 0.29) is 0 Å². The van der Waals surface area contributed by atoms with Crippen LogP contribution in [0.5, 0.6) is 0 Å². The molecular weight excluding hydrogens is 337 g/mol. The number of rotatable bonds is 4. The van der Waals surface area contributed by atoms with Gasteiger partial charge in [-0.25, -0.2) is 4.79 Å². The van der Waals surface area contributed by atoms with Crippen molar-refractivity contribution in [1.82, 2.24) is 0 Å². The van der Waals surface area contributed by atoms with E-state index in [0.29, 0.717) is 21.3 Å². The third-order valence-corrected chi connectivity index (χ3v) is 3.37. The number of esters is 1. The lowest BCUT2D eigenvalue weighted by molar-refractivity contribution is -0.119. The molecule has 0 bridgehead atoms. The van der Waals surface area contributed by atoms with Crippen molar-refractivity contribution in [3.05, 3.63) is 63.1 Å². The lowest BCUT2D eigenvalue weighted by Crippen LogP contribution is -2.21. The topological polar surface area (TPSA) is 55.4 Å². The predicted molar refractivity (Wildman–Crippen MR) is 91.3 cm³/mol. The summed E-state index contributed by atoms with van der Waals surface area (Å²) in [5.41, 5.74) is 2.76. The Labute approximate surface area is 144 Å². The zero-order valence-electron chi connectivity index (χ0n) is 12.7. The number of nitrogens with one attached hydrogen (secondary N) is 1. The molecule has 0 aliphatic rings. The summed E-state index contributed by atoms with van der Waals surface area (Å²) in [5, 5.41) is 3.37. The van der Waals surface area contributed by atoms with Crippen molar-refractivity contribution in [2.45, 2.75) is 13.8 Å². The Morgan fingerprint density at radius 2 is 1.52 bits per heavy atom. The van der Waals surface area contributed by atoms with Gasteiger partial charge in [-0.3, -0.25) is 4.79 Å². The molecule has 0 spiro atoms. The average Bonchev–Trinajstić information content (AvgIpc) is 2.42. The molecule has 120 valence electrons. The Kier molecular flexibility index (Phi) is 5.64. The monoisotopic (exact) mass is 351 g/mol. The van der Waals surface area contributed by atoms with Crippen LogP contribution in [0, 0.1) is 13.8 Å².